The zero-order valence-electron chi connectivity index (χ0n) is 15.5. The monoisotopic (exact) mass is 356 g/mol. The van der Waals surface area contributed by atoms with Gasteiger partial charge in [-0.2, -0.15) is 0 Å². The summed E-state index contributed by atoms with van der Waals surface area (Å²) < 4.78 is 16.0. The minimum atomic E-state index is -0.779. The number of pyridine rings is 1. The smallest absolute Gasteiger partial charge is 0.264 e. The van der Waals surface area contributed by atoms with Gasteiger partial charge in [0.05, 0.1) is 18.2 Å². The van der Waals surface area contributed by atoms with Crippen molar-refractivity contribution in [3.63, 3.8) is 0 Å². The van der Waals surface area contributed by atoms with E-state index < -0.39 is 6.10 Å². The second-order valence-electron chi connectivity index (χ2n) is 5.82. The van der Waals surface area contributed by atoms with Gasteiger partial charge in [-0.25, -0.2) is 0 Å². The number of methoxy groups -OCH3 is 2. The maximum atomic E-state index is 12.5. The Hall–Kier alpha value is -2.62. The van der Waals surface area contributed by atoms with Crippen LogP contribution >= 0.6 is 0 Å². The molecular weight excluding hydrogens is 332 g/mol. The summed E-state index contributed by atoms with van der Waals surface area (Å²) in [6.07, 6.45) is 0.765. The van der Waals surface area contributed by atoms with Crippen LogP contribution in [0.1, 0.15) is 13.8 Å². The molecule has 1 N–H and O–H groups in total. The second-order valence-corrected chi connectivity index (χ2v) is 5.82. The van der Waals surface area contributed by atoms with E-state index in [0.717, 1.165) is 10.9 Å². The summed E-state index contributed by atoms with van der Waals surface area (Å²) in [5.74, 6) is 6.14. The number of aromatic nitrogens is 1. The molecule has 1 heterocycles. The fourth-order valence-corrected chi connectivity index (χ4v) is 2.25. The maximum Gasteiger partial charge on any atom is 0.264 e. The quantitative estimate of drug-likeness (QED) is 0.770. The van der Waals surface area contributed by atoms with Gasteiger partial charge >= 0.3 is 0 Å². The molecule has 2 rings (SSSR count). The SMILES string of the molecule is COCC(Oc1ccc2ncccc2c1)C(=O)NC(C)C#CC(C)OC. The summed E-state index contributed by atoms with van der Waals surface area (Å²) in [4.78, 5) is 16.8. The Morgan fingerprint density at radius 1 is 1.23 bits per heavy atom. The van der Waals surface area contributed by atoms with E-state index >= 15 is 0 Å². The van der Waals surface area contributed by atoms with E-state index in [0.29, 0.717) is 5.75 Å². The van der Waals surface area contributed by atoms with Gasteiger partial charge in [0.2, 0.25) is 0 Å². The van der Waals surface area contributed by atoms with Gasteiger partial charge in [0, 0.05) is 25.8 Å². The lowest BCUT2D eigenvalue weighted by Crippen LogP contribution is -2.44. The molecule has 138 valence electrons. The number of fused-ring (bicyclic) bond motifs is 1. The topological polar surface area (TPSA) is 69.7 Å². The van der Waals surface area contributed by atoms with Crippen LogP contribution in [0.2, 0.25) is 0 Å². The van der Waals surface area contributed by atoms with E-state index in [9.17, 15) is 4.79 Å². The van der Waals surface area contributed by atoms with Crippen LogP contribution < -0.4 is 10.1 Å². The molecule has 0 bridgehead atoms. The highest BCUT2D eigenvalue weighted by atomic mass is 16.5. The normalized spacial score (nSPS) is 14.0. The summed E-state index contributed by atoms with van der Waals surface area (Å²) in [6.45, 7) is 3.78. The molecule has 1 aromatic heterocycles. The van der Waals surface area contributed by atoms with E-state index in [1.54, 1.807) is 26.3 Å². The molecule has 0 saturated carbocycles. The number of hydrogen-bond donors (Lipinski definition) is 1. The van der Waals surface area contributed by atoms with Crippen molar-refractivity contribution in [3.8, 4) is 17.6 Å². The van der Waals surface area contributed by atoms with E-state index in [1.165, 1.54) is 7.11 Å². The minimum absolute atomic E-state index is 0.130. The molecule has 0 fully saturated rings. The molecule has 0 aliphatic rings. The van der Waals surface area contributed by atoms with Crippen molar-refractivity contribution in [2.45, 2.75) is 32.1 Å². The zero-order valence-corrected chi connectivity index (χ0v) is 15.5. The Bertz CT molecular complexity index is 797. The van der Waals surface area contributed by atoms with E-state index in [4.69, 9.17) is 14.2 Å². The summed E-state index contributed by atoms with van der Waals surface area (Å²) in [6, 6.07) is 8.95. The molecule has 1 amide bonds. The van der Waals surface area contributed by atoms with Crippen LogP contribution in [0.15, 0.2) is 36.5 Å². The van der Waals surface area contributed by atoms with E-state index in [1.807, 2.05) is 31.2 Å². The van der Waals surface area contributed by atoms with Crippen LogP contribution in [-0.4, -0.2) is 50.0 Å². The van der Waals surface area contributed by atoms with Crippen molar-refractivity contribution in [2.24, 2.45) is 0 Å². The molecule has 0 spiro atoms. The number of nitrogens with zero attached hydrogens (tertiary/aromatic N) is 1. The molecule has 0 aliphatic heterocycles. The van der Waals surface area contributed by atoms with Gasteiger partial charge in [0.25, 0.3) is 5.91 Å². The van der Waals surface area contributed by atoms with Crippen molar-refractivity contribution in [1.29, 1.82) is 0 Å². The van der Waals surface area contributed by atoms with Gasteiger partial charge in [-0.05, 0) is 38.1 Å². The van der Waals surface area contributed by atoms with Crippen molar-refractivity contribution in [1.82, 2.24) is 10.3 Å². The van der Waals surface area contributed by atoms with E-state index in [-0.39, 0.29) is 24.7 Å². The van der Waals surface area contributed by atoms with Crippen LogP contribution in [-0.2, 0) is 14.3 Å². The lowest BCUT2D eigenvalue weighted by atomic mass is 10.2. The highest BCUT2D eigenvalue weighted by Crippen LogP contribution is 2.20. The Balaban J connectivity index is 2.06. The number of carbonyl (C=O) groups is 1. The predicted molar refractivity (Wildman–Crippen MR) is 99.9 cm³/mol. The standard InChI is InChI=1S/C20H24N2O4/c1-14(7-8-15(2)25-4)22-20(23)19(13-24-3)26-17-9-10-18-16(12-17)6-5-11-21-18/h5-6,9-12,14-15,19H,13H2,1-4H3,(H,22,23). The number of amides is 1. The molecule has 26 heavy (non-hydrogen) atoms. The molecule has 0 radical (unpaired) electrons. The first-order valence-electron chi connectivity index (χ1n) is 8.38. The largest absolute Gasteiger partial charge is 0.478 e. The summed E-state index contributed by atoms with van der Waals surface area (Å²) in [7, 11) is 3.11. The van der Waals surface area contributed by atoms with Gasteiger partial charge in [-0.3, -0.25) is 9.78 Å². The summed E-state index contributed by atoms with van der Waals surface area (Å²) >= 11 is 0. The first-order chi connectivity index (χ1) is 12.5. The first kappa shape index (κ1) is 19.7. The average molecular weight is 356 g/mol. The summed E-state index contributed by atoms with van der Waals surface area (Å²) in [5.41, 5.74) is 0.865. The zero-order chi connectivity index (χ0) is 18.9. The van der Waals surface area contributed by atoms with Crippen molar-refractivity contribution >= 4 is 16.8 Å². The maximum absolute atomic E-state index is 12.5. The molecule has 0 saturated heterocycles. The van der Waals surface area contributed by atoms with Crippen LogP contribution in [0, 0.1) is 11.8 Å². The Morgan fingerprint density at radius 3 is 2.77 bits per heavy atom. The highest BCUT2D eigenvalue weighted by Gasteiger charge is 2.21. The number of ether oxygens (including phenoxy) is 3. The lowest BCUT2D eigenvalue weighted by Gasteiger charge is -2.19. The van der Waals surface area contributed by atoms with Gasteiger partial charge in [0.15, 0.2) is 6.10 Å². The average Bonchev–Trinajstić information content (AvgIpc) is 2.65. The van der Waals surface area contributed by atoms with Crippen LogP contribution in [0.25, 0.3) is 10.9 Å². The molecule has 3 unspecified atom stereocenters. The van der Waals surface area contributed by atoms with Crippen LogP contribution in [0.4, 0.5) is 0 Å². The molecule has 2 aromatic rings. The number of rotatable bonds is 7. The second kappa shape index (κ2) is 9.76. The van der Waals surface area contributed by atoms with Crippen molar-refractivity contribution < 1.29 is 19.0 Å². The number of nitrogens with one attached hydrogen (secondary N) is 1. The highest BCUT2D eigenvalue weighted by molar-refractivity contribution is 5.83. The van der Waals surface area contributed by atoms with E-state index in [2.05, 4.69) is 22.1 Å². The van der Waals surface area contributed by atoms with Gasteiger partial charge < -0.3 is 19.5 Å². The van der Waals surface area contributed by atoms with Gasteiger partial charge in [0.1, 0.15) is 11.9 Å². The molecular formula is C20H24N2O4. The fourth-order valence-electron chi connectivity index (χ4n) is 2.25. The number of carbonyl (C=O) groups excluding carboxylic acids is 1. The third-order valence-corrected chi connectivity index (χ3v) is 3.68. The Labute approximate surface area is 153 Å². The van der Waals surface area contributed by atoms with Crippen LogP contribution in [0.3, 0.4) is 0 Å². The number of hydrogen-bond acceptors (Lipinski definition) is 5. The molecule has 6 heteroatoms. The molecule has 1 aromatic carbocycles. The third-order valence-electron chi connectivity index (χ3n) is 3.68. The van der Waals surface area contributed by atoms with Crippen LogP contribution in [0.5, 0.6) is 5.75 Å². The Morgan fingerprint density at radius 2 is 2.04 bits per heavy atom. The lowest BCUT2D eigenvalue weighted by molar-refractivity contribution is -0.130. The van der Waals surface area contributed by atoms with Crippen molar-refractivity contribution in [2.75, 3.05) is 20.8 Å². The molecule has 0 aliphatic carbocycles. The van der Waals surface area contributed by atoms with Crippen molar-refractivity contribution in [3.05, 3.63) is 36.5 Å². The van der Waals surface area contributed by atoms with Gasteiger partial charge in [-0.1, -0.05) is 17.9 Å². The molecule has 3 atom stereocenters. The predicted octanol–water partition coefficient (Wildman–Crippen LogP) is 2.17. The third kappa shape index (κ3) is 5.73. The number of benzene rings is 1. The summed E-state index contributed by atoms with van der Waals surface area (Å²) in [5, 5.41) is 3.76. The van der Waals surface area contributed by atoms with Gasteiger partial charge in [-0.15, -0.1) is 0 Å². The Kier molecular flexibility index (Phi) is 7.39. The first-order valence-corrected chi connectivity index (χ1v) is 8.38. The molecule has 6 nitrogen and oxygen atoms in total. The minimum Gasteiger partial charge on any atom is -0.478 e. The fraction of sp³-hybridized carbons (Fsp3) is 0.400.